The summed E-state index contributed by atoms with van der Waals surface area (Å²) in [7, 11) is 0. The number of piperazine rings is 1. The SMILES string of the molecule is CC(=O)N1CCN(c2ccc(NC(=O)Cc3cccs3)nc2)CC1. The normalized spacial score (nSPS) is 14.5. The Hall–Kier alpha value is -2.41. The van der Waals surface area contributed by atoms with Gasteiger partial charge < -0.3 is 15.1 Å². The smallest absolute Gasteiger partial charge is 0.230 e. The van der Waals surface area contributed by atoms with E-state index < -0.39 is 0 Å². The molecule has 0 aromatic carbocycles. The second kappa shape index (κ2) is 7.44. The zero-order chi connectivity index (χ0) is 16.9. The van der Waals surface area contributed by atoms with E-state index in [0.717, 1.165) is 36.7 Å². The van der Waals surface area contributed by atoms with Crippen LogP contribution in [0.3, 0.4) is 0 Å². The van der Waals surface area contributed by atoms with E-state index >= 15 is 0 Å². The van der Waals surface area contributed by atoms with Crippen molar-refractivity contribution in [3.05, 3.63) is 40.7 Å². The zero-order valence-corrected chi connectivity index (χ0v) is 14.4. The molecule has 6 nitrogen and oxygen atoms in total. The summed E-state index contributed by atoms with van der Waals surface area (Å²) in [4.78, 5) is 32.7. The van der Waals surface area contributed by atoms with Crippen LogP contribution in [0, 0.1) is 0 Å². The standard InChI is InChI=1S/C17H20N4O2S/c1-13(22)20-6-8-21(9-7-20)14-4-5-16(18-12-14)19-17(23)11-15-3-2-10-24-15/h2-5,10,12H,6-9,11H2,1H3,(H,18,19,23). The maximum absolute atomic E-state index is 12.0. The van der Waals surface area contributed by atoms with Gasteiger partial charge in [0.2, 0.25) is 11.8 Å². The number of rotatable bonds is 4. The van der Waals surface area contributed by atoms with Gasteiger partial charge in [0.15, 0.2) is 0 Å². The van der Waals surface area contributed by atoms with Crippen molar-refractivity contribution in [2.75, 3.05) is 36.4 Å². The van der Waals surface area contributed by atoms with E-state index in [1.807, 2.05) is 34.5 Å². The van der Waals surface area contributed by atoms with E-state index in [9.17, 15) is 9.59 Å². The molecule has 0 radical (unpaired) electrons. The molecule has 3 rings (SSSR count). The van der Waals surface area contributed by atoms with Gasteiger partial charge in [-0.2, -0.15) is 0 Å². The number of carbonyl (C=O) groups excluding carboxylic acids is 2. The number of nitrogens with one attached hydrogen (secondary N) is 1. The third kappa shape index (κ3) is 4.11. The Morgan fingerprint density at radius 2 is 2.00 bits per heavy atom. The van der Waals surface area contributed by atoms with Gasteiger partial charge in [0, 0.05) is 38.0 Å². The summed E-state index contributed by atoms with van der Waals surface area (Å²) in [6.45, 7) is 4.66. The molecular weight excluding hydrogens is 324 g/mol. The molecule has 2 aromatic rings. The average Bonchev–Trinajstić information content (AvgIpc) is 3.08. The van der Waals surface area contributed by atoms with E-state index in [0.29, 0.717) is 12.2 Å². The summed E-state index contributed by atoms with van der Waals surface area (Å²) in [5.41, 5.74) is 1.01. The first-order valence-corrected chi connectivity index (χ1v) is 8.78. The lowest BCUT2D eigenvalue weighted by atomic mass is 10.2. The largest absolute Gasteiger partial charge is 0.367 e. The fourth-order valence-electron chi connectivity index (χ4n) is 2.69. The van der Waals surface area contributed by atoms with E-state index in [1.54, 1.807) is 24.5 Å². The summed E-state index contributed by atoms with van der Waals surface area (Å²) in [6.07, 6.45) is 2.14. The molecule has 0 spiro atoms. The summed E-state index contributed by atoms with van der Waals surface area (Å²) in [5.74, 6) is 0.618. The Bertz CT molecular complexity index is 692. The van der Waals surface area contributed by atoms with Gasteiger partial charge in [0.25, 0.3) is 0 Å². The summed E-state index contributed by atoms with van der Waals surface area (Å²) >= 11 is 1.57. The van der Waals surface area contributed by atoms with Crippen molar-refractivity contribution in [3.8, 4) is 0 Å². The Kier molecular flexibility index (Phi) is 5.10. The fourth-order valence-corrected chi connectivity index (χ4v) is 3.39. The summed E-state index contributed by atoms with van der Waals surface area (Å²) in [6, 6.07) is 7.66. The molecular formula is C17H20N4O2S. The van der Waals surface area contributed by atoms with E-state index in [-0.39, 0.29) is 11.8 Å². The molecule has 1 aliphatic heterocycles. The van der Waals surface area contributed by atoms with Crippen molar-refractivity contribution in [3.63, 3.8) is 0 Å². The highest BCUT2D eigenvalue weighted by molar-refractivity contribution is 7.10. The number of aromatic nitrogens is 1. The molecule has 0 atom stereocenters. The Balaban J connectivity index is 1.54. The van der Waals surface area contributed by atoms with Gasteiger partial charge in [-0.05, 0) is 23.6 Å². The molecule has 3 heterocycles. The van der Waals surface area contributed by atoms with Gasteiger partial charge in [0.1, 0.15) is 5.82 Å². The Morgan fingerprint density at radius 3 is 2.58 bits per heavy atom. The van der Waals surface area contributed by atoms with E-state index in [2.05, 4.69) is 15.2 Å². The third-order valence-electron chi connectivity index (χ3n) is 4.02. The summed E-state index contributed by atoms with van der Waals surface area (Å²) in [5, 5.41) is 4.78. The fraction of sp³-hybridized carbons (Fsp3) is 0.353. The van der Waals surface area contributed by atoms with Gasteiger partial charge in [-0.15, -0.1) is 11.3 Å². The second-order valence-electron chi connectivity index (χ2n) is 5.70. The number of carbonyl (C=O) groups is 2. The molecule has 7 heteroatoms. The molecule has 0 aliphatic carbocycles. The molecule has 0 saturated carbocycles. The number of hydrogen-bond acceptors (Lipinski definition) is 5. The lowest BCUT2D eigenvalue weighted by Crippen LogP contribution is -2.48. The van der Waals surface area contributed by atoms with Gasteiger partial charge in [-0.1, -0.05) is 6.07 Å². The van der Waals surface area contributed by atoms with Gasteiger partial charge in [-0.25, -0.2) is 4.98 Å². The topological polar surface area (TPSA) is 65.5 Å². The van der Waals surface area contributed by atoms with Crippen molar-refractivity contribution in [1.29, 1.82) is 0 Å². The van der Waals surface area contributed by atoms with Crippen LogP contribution >= 0.6 is 11.3 Å². The first-order chi connectivity index (χ1) is 11.6. The molecule has 1 fully saturated rings. The van der Waals surface area contributed by atoms with Gasteiger partial charge in [-0.3, -0.25) is 9.59 Å². The number of pyridine rings is 1. The average molecular weight is 344 g/mol. The Labute approximate surface area is 145 Å². The lowest BCUT2D eigenvalue weighted by Gasteiger charge is -2.35. The predicted octanol–water partition coefficient (Wildman–Crippen LogP) is 1.99. The van der Waals surface area contributed by atoms with Crippen LogP contribution in [0.1, 0.15) is 11.8 Å². The molecule has 2 aromatic heterocycles. The predicted molar refractivity (Wildman–Crippen MR) is 95.4 cm³/mol. The van der Waals surface area contributed by atoms with Crippen LogP contribution in [0.25, 0.3) is 0 Å². The molecule has 126 valence electrons. The van der Waals surface area contributed by atoms with Crippen molar-refractivity contribution >= 4 is 34.7 Å². The monoisotopic (exact) mass is 344 g/mol. The zero-order valence-electron chi connectivity index (χ0n) is 13.6. The minimum Gasteiger partial charge on any atom is -0.367 e. The van der Waals surface area contributed by atoms with Crippen LogP contribution in [0.5, 0.6) is 0 Å². The maximum Gasteiger partial charge on any atom is 0.230 e. The first-order valence-electron chi connectivity index (χ1n) is 7.90. The molecule has 1 saturated heterocycles. The molecule has 2 amide bonds. The van der Waals surface area contributed by atoms with E-state index in [4.69, 9.17) is 0 Å². The van der Waals surface area contributed by atoms with Crippen LogP contribution in [0.15, 0.2) is 35.8 Å². The Morgan fingerprint density at radius 1 is 1.21 bits per heavy atom. The molecule has 0 bridgehead atoms. The highest BCUT2D eigenvalue weighted by Gasteiger charge is 2.19. The highest BCUT2D eigenvalue weighted by Crippen LogP contribution is 2.18. The van der Waals surface area contributed by atoms with Crippen LogP contribution in [-0.4, -0.2) is 47.9 Å². The molecule has 24 heavy (non-hydrogen) atoms. The number of amides is 2. The molecule has 1 N–H and O–H groups in total. The molecule has 0 unspecified atom stereocenters. The van der Waals surface area contributed by atoms with Crippen LogP contribution in [-0.2, 0) is 16.0 Å². The second-order valence-corrected chi connectivity index (χ2v) is 6.73. The van der Waals surface area contributed by atoms with E-state index in [1.165, 1.54) is 0 Å². The van der Waals surface area contributed by atoms with Crippen molar-refractivity contribution in [1.82, 2.24) is 9.88 Å². The third-order valence-corrected chi connectivity index (χ3v) is 4.90. The van der Waals surface area contributed by atoms with Crippen LogP contribution in [0.4, 0.5) is 11.5 Å². The quantitative estimate of drug-likeness (QED) is 0.921. The number of thiophene rings is 1. The van der Waals surface area contributed by atoms with Crippen molar-refractivity contribution in [2.45, 2.75) is 13.3 Å². The minimum absolute atomic E-state index is 0.0622. The lowest BCUT2D eigenvalue weighted by molar-refractivity contribution is -0.129. The molecule has 1 aliphatic rings. The first kappa shape index (κ1) is 16.4. The summed E-state index contributed by atoms with van der Waals surface area (Å²) < 4.78 is 0. The van der Waals surface area contributed by atoms with Crippen LogP contribution < -0.4 is 10.2 Å². The number of nitrogens with zero attached hydrogens (tertiary/aromatic N) is 3. The highest BCUT2D eigenvalue weighted by atomic mass is 32.1. The minimum atomic E-state index is -0.0622. The number of hydrogen-bond donors (Lipinski definition) is 1. The van der Waals surface area contributed by atoms with Crippen LogP contribution in [0.2, 0.25) is 0 Å². The number of anilines is 2. The van der Waals surface area contributed by atoms with Gasteiger partial charge in [0.05, 0.1) is 18.3 Å². The van der Waals surface area contributed by atoms with Crippen molar-refractivity contribution < 1.29 is 9.59 Å². The maximum atomic E-state index is 12.0. The van der Waals surface area contributed by atoms with Gasteiger partial charge >= 0.3 is 0 Å². The van der Waals surface area contributed by atoms with Crippen molar-refractivity contribution in [2.24, 2.45) is 0 Å².